The van der Waals surface area contributed by atoms with E-state index in [-0.39, 0.29) is 0 Å². The molecule has 37 heavy (non-hydrogen) atoms. The number of hydrogen-bond acceptors (Lipinski definition) is 0. The van der Waals surface area contributed by atoms with Gasteiger partial charge in [0.05, 0.1) is 0 Å². The first-order valence-electron chi connectivity index (χ1n) is 18.0. The van der Waals surface area contributed by atoms with E-state index in [1.54, 1.807) is 0 Å². The summed E-state index contributed by atoms with van der Waals surface area (Å²) in [5, 5.41) is 0. The largest absolute Gasteiger partial charge is 0.0885 e. The van der Waals surface area contributed by atoms with Crippen LogP contribution in [0.4, 0.5) is 0 Å². The number of allylic oxidation sites excluding steroid dienone is 2. The summed E-state index contributed by atoms with van der Waals surface area (Å²) in [7, 11) is 0. The van der Waals surface area contributed by atoms with Crippen LogP contribution in [-0.4, -0.2) is 0 Å². The second-order valence-electron chi connectivity index (χ2n) is 12.6. The van der Waals surface area contributed by atoms with Gasteiger partial charge in [0.15, 0.2) is 0 Å². The summed E-state index contributed by atoms with van der Waals surface area (Å²) >= 11 is 0. The van der Waals surface area contributed by atoms with Gasteiger partial charge in [0.2, 0.25) is 0 Å². The summed E-state index contributed by atoms with van der Waals surface area (Å²) in [6, 6.07) is 0. The van der Waals surface area contributed by atoms with Crippen molar-refractivity contribution in [3.8, 4) is 0 Å². The van der Waals surface area contributed by atoms with Crippen molar-refractivity contribution in [3.05, 3.63) is 12.2 Å². The van der Waals surface area contributed by atoms with Gasteiger partial charge in [-0.2, -0.15) is 0 Å². The summed E-state index contributed by atoms with van der Waals surface area (Å²) in [6.45, 7) is 7.11. The molecule has 0 aliphatic heterocycles. The maximum absolute atomic E-state index is 2.50. The van der Waals surface area contributed by atoms with Crippen molar-refractivity contribution in [1.29, 1.82) is 0 Å². The molecule has 0 rings (SSSR count). The Hall–Kier alpha value is -0.260. The first-order valence-corrected chi connectivity index (χ1v) is 18.0. The minimum absolute atomic E-state index is 0.959. The van der Waals surface area contributed by atoms with Crippen LogP contribution in [0, 0.1) is 5.92 Å². The molecule has 0 saturated heterocycles. The minimum Gasteiger partial charge on any atom is -0.0885 e. The van der Waals surface area contributed by atoms with E-state index in [4.69, 9.17) is 0 Å². The number of hydrogen-bond donors (Lipinski definition) is 0. The predicted octanol–water partition coefficient (Wildman–Crippen LogP) is 14.3. The quantitative estimate of drug-likeness (QED) is 0.0613. The maximum atomic E-state index is 2.50. The van der Waals surface area contributed by atoms with E-state index in [0.29, 0.717) is 0 Å². The molecule has 0 N–H and O–H groups in total. The van der Waals surface area contributed by atoms with E-state index in [2.05, 4.69) is 32.9 Å². The van der Waals surface area contributed by atoms with E-state index >= 15 is 0 Å². The lowest BCUT2D eigenvalue weighted by atomic mass is 9.95. The summed E-state index contributed by atoms with van der Waals surface area (Å²) < 4.78 is 0. The topological polar surface area (TPSA) is 0 Å². The molecule has 0 aromatic carbocycles. The first kappa shape index (κ1) is 36.7. The highest BCUT2D eigenvalue weighted by molar-refractivity contribution is 4.81. The van der Waals surface area contributed by atoms with Gasteiger partial charge >= 0.3 is 0 Å². The van der Waals surface area contributed by atoms with Crippen molar-refractivity contribution < 1.29 is 0 Å². The molecule has 0 fully saturated rings. The monoisotopic (exact) mass is 519 g/mol. The number of unbranched alkanes of at least 4 members (excludes halogenated alkanes) is 26. The van der Waals surface area contributed by atoms with Crippen molar-refractivity contribution in [3.63, 3.8) is 0 Å². The van der Waals surface area contributed by atoms with Gasteiger partial charge in [-0.3, -0.25) is 0 Å². The Labute approximate surface area is 237 Å². The molecule has 0 heteroatoms. The Morgan fingerprint density at radius 1 is 0.324 bits per heavy atom. The van der Waals surface area contributed by atoms with Crippen LogP contribution in [0.2, 0.25) is 0 Å². The maximum Gasteiger partial charge on any atom is -0.0351 e. The van der Waals surface area contributed by atoms with Crippen molar-refractivity contribution in [1.82, 2.24) is 0 Å². The molecule has 0 bridgehead atoms. The first-order chi connectivity index (χ1) is 18.3. The van der Waals surface area contributed by atoms with Crippen molar-refractivity contribution in [2.45, 2.75) is 220 Å². The third kappa shape index (κ3) is 33.7. The fraction of sp³-hybridized carbons (Fsp3) is 0.946. The van der Waals surface area contributed by atoms with Crippen LogP contribution in [-0.2, 0) is 0 Å². The van der Waals surface area contributed by atoms with E-state index in [1.807, 2.05) is 0 Å². The van der Waals surface area contributed by atoms with Gasteiger partial charge in [0, 0.05) is 0 Å². The normalized spacial score (nSPS) is 12.6. The molecule has 0 aromatic rings. The van der Waals surface area contributed by atoms with Crippen LogP contribution in [0.1, 0.15) is 220 Å². The lowest BCUT2D eigenvalue weighted by Gasteiger charge is -2.11. The molecule has 0 nitrogen and oxygen atoms in total. The van der Waals surface area contributed by atoms with Crippen LogP contribution in [0.3, 0.4) is 0 Å². The molecule has 222 valence electrons. The summed E-state index contributed by atoms with van der Waals surface area (Å²) in [5.74, 6) is 0.959. The molecule has 1 atom stereocenters. The Bertz CT molecular complexity index is 408. The lowest BCUT2D eigenvalue weighted by Crippen LogP contribution is -1.95. The Morgan fingerprint density at radius 2 is 0.568 bits per heavy atom. The second kappa shape index (κ2) is 33.8. The highest BCUT2D eigenvalue weighted by atomic mass is 14.1. The van der Waals surface area contributed by atoms with Crippen LogP contribution in [0.25, 0.3) is 0 Å². The van der Waals surface area contributed by atoms with Crippen LogP contribution in [0.5, 0.6) is 0 Å². The van der Waals surface area contributed by atoms with Crippen molar-refractivity contribution >= 4 is 0 Å². The molecular weight excluding hydrogens is 444 g/mol. The van der Waals surface area contributed by atoms with Crippen LogP contribution in [0.15, 0.2) is 12.2 Å². The zero-order valence-corrected chi connectivity index (χ0v) is 26.7. The molecule has 0 radical (unpaired) electrons. The second-order valence-corrected chi connectivity index (χ2v) is 12.6. The van der Waals surface area contributed by atoms with Gasteiger partial charge in [-0.1, -0.05) is 206 Å². The van der Waals surface area contributed by atoms with E-state index in [9.17, 15) is 0 Å². The fourth-order valence-corrected chi connectivity index (χ4v) is 5.75. The van der Waals surface area contributed by atoms with E-state index < -0.39 is 0 Å². The Kier molecular flexibility index (Phi) is 33.5. The average Bonchev–Trinajstić information content (AvgIpc) is 2.90. The molecule has 1 unspecified atom stereocenters. The van der Waals surface area contributed by atoms with Crippen LogP contribution < -0.4 is 0 Å². The standard InChI is InChI=1S/C37H74/c1-4-6-8-10-12-14-16-17-18-19-20-21-22-23-24-25-26-28-30-32-34-36-37(3)35-33-31-29-27-15-13-11-9-7-5-2/h21-22,37H,4-20,23-36H2,1-3H3. The highest BCUT2D eigenvalue weighted by Gasteiger charge is 2.02. The van der Waals surface area contributed by atoms with Gasteiger partial charge in [-0.05, 0) is 31.6 Å². The third-order valence-electron chi connectivity index (χ3n) is 8.51. The Balaban J connectivity index is 3.18. The zero-order chi connectivity index (χ0) is 26.9. The van der Waals surface area contributed by atoms with Crippen molar-refractivity contribution in [2.75, 3.05) is 0 Å². The zero-order valence-electron chi connectivity index (χ0n) is 26.7. The highest BCUT2D eigenvalue weighted by Crippen LogP contribution is 2.19. The molecule has 0 aromatic heterocycles. The van der Waals surface area contributed by atoms with Gasteiger partial charge in [0.25, 0.3) is 0 Å². The van der Waals surface area contributed by atoms with Crippen molar-refractivity contribution in [2.24, 2.45) is 5.92 Å². The lowest BCUT2D eigenvalue weighted by molar-refractivity contribution is 0.430. The minimum atomic E-state index is 0.959. The predicted molar refractivity (Wildman–Crippen MR) is 173 cm³/mol. The molecule has 0 spiro atoms. The van der Waals surface area contributed by atoms with Crippen LogP contribution >= 0.6 is 0 Å². The summed E-state index contributed by atoms with van der Waals surface area (Å²) in [4.78, 5) is 0. The van der Waals surface area contributed by atoms with Gasteiger partial charge in [0.1, 0.15) is 0 Å². The van der Waals surface area contributed by atoms with E-state index in [1.165, 1.54) is 199 Å². The summed E-state index contributed by atoms with van der Waals surface area (Å²) in [6.07, 6.45) is 49.8. The van der Waals surface area contributed by atoms with Gasteiger partial charge < -0.3 is 0 Å². The average molecular weight is 519 g/mol. The number of rotatable bonds is 32. The van der Waals surface area contributed by atoms with E-state index in [0.717, 1.165) is 5.92 Å². The van der Waals surface area contributed by atoms with Gasteiger partial charge in [-0.15, -0.1) is 0 Å². The summed E-state index contributed by atoms with van der Waals surface area (Å²) in [5.41, 5.74) is 0. The molecule has 0 aliphatic rings. The third-order valence-corrected chi connectivity index (χ3v) is 8.51. The Morgan fingerprint density at radius 3 is 0.865 bits per heavy atom. The molecule has 0 heterocycles. The molecular formula is C37H74. The molecule has 0 saturated carbocycles. The molecule has 0 amide bonds. The SMILES string of the molecule is CCCCCCCCCCCCC=CCCCCCCCCCC(C)CCCCCCCCCCCC. The smallest absolute Gasteiger partial charge is 0.0351 e. The fourth-order valence-electron chi connectivity index (χ4n) is 5.75. The molecule has 0 aliphatic carbocycles. The van der Waals surface area contributed by atoms with Gasteiger partial charge in [-0.25, -0.2) is 0 Å².